The maximum atomic E-state index is 5.60. The van der Waals surface area contributed by atoms with E-state index in [1.165, 1.54) is 6.33 Å². The molecule has 1 aromatic rings. The Morgan fingerprint density at radius 1 is 1.50 bits per heavy atom. The molecule has 0 aliphatic rings. The molecule has 0 saturated heterocycles. The van der Waals surface area contributed by atoms with Gasteiger partial charge in [0.2, 0.25) is 0 Å². The summed E-state index contributed by atoms with van der Waals surface area (Å²) in [6, 6.07) is -0.152. The summed E-state index contributed by atoms with van der Waals surface area (Å²) in [5, 5.41) is 0. The summed E-state index contributed by atoms with van der Waals surface area (Å²) in [5.41, 5.74) is 6.48. The van der Waals surface area contributed by atoms with Crippen LogP contribution in [0.2, 0.25) is 0 Å². The molecular weight excluding hydrogens is 126 g/mol. The summed E-state index contributed by atoms with van der Waals surface area (Å²) < 4.78 is 0. The first kappa shape index (κ1) is 6.89. The first-order valence-corrected chi connectivity index (χ1v) is 2.97. The largest absolute Gasteiger partial charge is 0.321 e. The fourth-order valence-electron chi connectivity index (χ4n) is 0.619. The third-order valence-corrected chi connectivity index (χ3v) is 1.22. The van der Waals surface area contributed by atoms with Gasteiger partial charge >= 0.3 is 0 Å². The van der Waals surface area contributed by atoms with E-state index in [4.69, 9.17) is 5.73 Å². The lowest BCUT2D eigenvalue weighted by molar-refractivity contribution is 0.887. The normalized spacial score (nSPS) is 12.5. The second-order valence-electron chi connectivity index (χ2n) is 1.93. The molecule has 0 fully saturated rings. The molecule has 0 aromatic carbocycles. The Bertz CT molecular complexity index is 207. The van der Waals surface area contributed by atoms with Crippen molar-refractivity contribution >= 4 is 0 Å². The number of hydrogen-bond donors (Lipinski definition) is 1. The van der Waals surface area contributed by atoms with Crippen molar-refractivity contribution in [2.24, 2.45) is 5.73 Å². The third-order valence-electron chi connectivity index (χ3n) is 1.22. The van der Waals surface area contributed by atoms with E-state index in [2.05, 4.69) is 16.5 Å². The van der Waals surface area contributed by atoms with Crippen molar-refractivity contribution in [3.05, 3.63) is 36.9 Å². The minimum Gasteiger partial charge on any atom is -0.321 e. The van der Waals surface area contributed by atoms with E-state index >= 15 is 0 Å². The first-order valence-electron chi connectivity index (χ1n) is 2.97. The summed E-state index contributed by atoms with van der Waals surface area (Å²) in [6.45, 7) is 3.56. The number of hydrogen-bond acceptors (Lipinski definition) is 3. The van der Waals surface area contributed by atoms with Gasteiger partial charge in [-0.15, -0.1) is 6.58 Å². The molecule has 0 amide bonds. The number of nitrogens with zero attached hydrogens (tertiary/aromatic N) is 2. The maximum absolute atomic E-state index is 5.60. The van der Waals surface area contributed by atoms with Crippen molar-refractivity contribution in [3.8, 4) is 0 Å². The molecule has 1 aromatic heterocycles. The minimum absolute atomic E-state index is 0.152. The van der Waals surface area contributed by atoms with Crippen molar-refractivity contribution in [2.75, 3.05) is 0 Å². The van der Waals surface area contributed by atoms with E-state index in [-0.39, 0.29) is 6.04 Å². The SMILES string of the molecule is C=CC(N)c1cncnc1. The molecule has 2 N–H and O–H groups in total. The molecule has 0 spiro atoms. The Morgan fingerprint density at radius 2 is 2.10 bits per heavy atom. The van der Waals surface area contributed by atoms with E-state index in [0.29, 0.717) is 0 Å². The van der Waals surface area contributed by atoms with Gasteiger partial charge in [0.15, 0.2) is 0 Å². The average molecular weight is 135 g/mol. The zero-order chi connectivity index (χ0) is 7.40. The molecule has 0 bridgehead atoms. The van der Waals surface area contributed by atoms with Gasteiger partial charge in [0, 0.05) is 18.0 Å². The van der Waals surface area contributed by atoms with Crippen LogP contribution < -0.4 is 5.73 Å². The van der Waals surface area contributed by atoms with Crippen LogP contribution in [0.5, 0.6) is 0 Å². The second-order valence-corrected chi connectivity index (χ2v) is 1.93. The highest BCUT2D eigenvalue weighted by molar-refractivity contribution is 5.13. The first-order chi connectivity index (χ1) is 4.84. The van der Waals surface area contributed by atoms with Crippen LogP contribution in [-0.2, 0) is 0 Å². The molecule has 3 heteroatoms. The second kappa shape index (κ2) is 3.08. The Kier molecular flexibility index (Phi) is 2.12. The van der Waals surface area contributed by atoms with E-state index in [0.717, 1.165) is 5.56 Å². The summed E-state index contributed by atoms with van der Waals surface area (Å²) in [5.74, 6) is 0. The smallest absolute Gasteiger partial charge is 0.115 e. The molecule has 1 rings (SSSR count). The maximum Gasteiger partial charge on any atom is 0.115 e. The van der Waals surface area contributed by atoms with Crippen molar-refractivity contribution in [3.63, 3.8) is 0 Å². The highest BCUT2D eigenvalue weighted by Crippen LogP contribution is 2.05. The number of nitrogens with two attached hydrogens (primary N) is 1. The van der Waals surface area contributed by atoms with Gasteiger partial charge in [-0.1, -0.05) is 6.08 Å². The van der Waals surface area contributed by atoms with E-state index < -0.39 is 0 Å². The van der Waals surface area contributed by atoms with Crippen LogP contribution in [0.1, 0.15) is 11.6 Å². The number of aromatic nitrogens is 2. The van der Waals surface area contributed by atoms with Crippen molar-refractivity contribution in [1.82, 2.24) is 9.97 Å². The lowest BCUT2D eigenvalue weighted by atomic mass is 10.2. The fourth-order valence-corrected chi connectivity index (χ4v) is 0.619. The van der Waals surface area contributed by atoms with Gasteiger partial charge in [-0.05, 0) is 0 Å². The van der Waals surface area contributed by atoms with Crippen LogP contribution in [-0.4, -0.2) is 9.97 Å². The van der Waals surface area contributed by atoms with Gasteiger partial charge in [0.05, 0.1) is 6.04 Å². The van der Waals surface area contributed by atoms with E-state index in [9.17, 15) is 0 Å². The van der Waals surface area contributed by atoms with Crippen LogP contribution in [0.15, 0.2) is 31.4 Å². The molecule has 0 aliphatic carbocycles. The zero-order valence-electron chi connectivity index (χ0n) is 5.57. The molecule has 0 aliphatic heterocycles. The van der Waals surface area contributed by atoms with Gasteiger partial charge in [-0.3, -0.25) is 0 Å². The Hall–Kier alpha value is -1.22. The molecule has 10 heavy (non-hydrogen) atoms. The molecule has 3 nitrogen and oxygen atoms in total. The molecule has 1 unspecified atom stereocenters. The summed E-state index contributed by atoms with van der Waals surface area (Å²) in [7, 11) is 0. The van der Waals surface area contributed by atoms with Gasteiger partial charge in [-0.25, -0.2) is 9.97 Å². The van der Waals surface area contributed by atoms with Crippen LogP contribution in [0, 0.1) is 0 Å². The lowest BCUT2D eigenvalue weighted by Crippen LogP contribution is -2.06. The predicted molar refractivity (Wildman–Crippen MR) is 39.2 cm³/mol. The van der Waals surface area contributed by atoms with Crippen LogP contribution >= 0.6 is 0 Å². The summed E-state index contributed by atoms with van der Waals surface area (Å²) in [6.07, 6.45) is 6.48. The van der Waals surface area contributed by atoms with Crippen molar-refractivity contribution in [1.29, 1.82) is 0 Å². The predicted octanol–water partition coefficient (Wildman–Crippen LogP) is 0.662. The quantitative estimate of drug-likeness (QED) is 0.606. The topological polar surface area (TPSA) is 51.8 Å². The van der Waals surface area contributed by atoms with Crippen molar-refractivity contribution < 1.29 is 0 Å². The van der Waals surface area contributed by atoms with E-state index in [1.807, 2.05) is 0 Å². The lowest BCUT2D eigenvalue weighted by Gasteiger charge is -2.02. The van der Waals surface area contributed by atoms with Crippen molar-refractivity contribution in [2.45, 2.75) is 6.04 Å². The third kappa shape index (κ3) is 1.39. The van der Waals surface area contributed by atoms with Gasteiger partial charge < -0.3 is 5.73 Å². The van der Waals surface area contributed by atoms with Gasteiger partial charge in [0.25, 0.3) is 0 Å². The molecule has 0 radical (unpaired) electrons. The summed E-state index contributed by atoms with van der Waals surface area (Å²) >= 11 is 0. The minimum atomic E-state index is -0.152. The Labute approximate surface area is 59.6 Å². The highest BCUT2D eigenvalue weighted by Gasteiger charge is 1.98. The summed E-state index contributed by atoms with van der Waals surface area (Å²) in [4.78, 5) is 7.63. The molecule has 0 saturated carbocycles. The Morgan fingerprint density at radius 3 is 2.60 bits per heavy atom. The van der Waals surface area contributed by atoms with Crippen LogP contribution in [0.4, 0.5) is 0 Å². The molecule has 1 heterocycles. The average Bonchev–Trinajstić information content (AvgIpc) is 2.05. The highest BCUT2D eigenvalue weighted by atomic mass is 14.8. The Balaban J connectivity index is 2.84. The standard InChI is InChI=1S/C7H9N3/c1-2-7(8)6-3-9-5-10-4-6/h2-5,7H,1,8H2. The molecule has 52 valence electrons. The molecular formula is C7H9N3. The van der Waals surface area contributed by atoms with Crippen LogP contribution in [0.25, 0.3) is 0 Å². The van der Waals surface area contributed by atoms with Crippen LogP contribution in [0.3, 0.4) is 0 Å². The monoisotopic (exact) mass is 135 g/mol. The zero-order valence-corrected chi connectivity index (χ0v) is 5.57. The molecule has 1 atom stereocenters. The number of rotatable bonds is 2. The fraction of sp³-hybridized carbons (Fsp3) is 0.143. The van der Waals surface area contributed by atoms with Gasteiger partial charge in [-0.2, -0.15) is 0 Å². The van der Waals surface area contributed by atoms with E-state index in [1.54, 1.807) is 18.5 Å². The van der Waals surface area contributed by atoms with Gasteiger partial charge in [0.1, 0.15) is 6.33 Å².